The van der Waals surface area contributed by atoms with Gasteiger partial charge in [0.15, 0.2) is 5.78 Å². The number of esters is 1. The lowest BCUT2D eigenvalue weighted by Crippen LogP contribution is -2.25. The molecule has 0 saturated carbocycles. The van der Waals surface area contributed by atoms with Crippen molar-refractivity contribution in [2.75, 3.05) is 13.7 Å². The first kappa shape index (κ1) is 24.9. The highest BCUT2D eigenvalue weighted by atomic mass is 16.5. The number of Topliss-reactive ketones (excluding diaryl/α,β-unsaturated/α-hetero) is 1. The molecule has 0 aliphatic carbocycles. The van der Waals surface area contributed by atoms with Crippen LogP contribution in [0.5, 0.6) is 5.75 Å². The number of aliphatic imine (C=N–C) groups is 1. The number of ether oxygens (including phenoxy) is 2. The molecule has 3 aromatic rings. The van der Waals surface area contributed by atoms with Crippen LogP contribution in [0.2, 0.25) is 0 Å². The van der Waals surface area contributed by atoms with E-state index in [4.69, 9.17) is 14.5 Å². The normalized spacial score (nSPS) is 11.4. The number of ketones is 1. The van der Waals surface area contributed by atoms with E-state index in [1.54, 1.807) is 26.2 Å². The van der Waals surface area contributed by atoms with Crippen LogP contribution in [-0.2, 0) is 9.53 Å². The molecule has 3 rings (SSSR count). The van der Waals surface area contributed by atoms with Gasteiger partial charge in [0.25, 0.3) is 0 Å². The molecular weight excluding hydrogens is 426 g/mol. The molecular formula is C29H31NO4. The second kappa shape index (κ2) is 11.9. The summed E-state index contributed by atoms with van der Waals surface area (Å²) >= 11 is 0. The predicted octanol–water partition coefficient (Wildman–Crippen LogP) is 5.74. The van der Waals surface area contributed by atoms with Crippen LogP contribution in [0.4, 0.5) is 0 Å². The Hall–Kier alpha value is -3.73. The molecule has 0 unspecified atom stereocenters. The Labute approximate surface area is 201 Å². The van der Waals surface area contributed by atoms with Gasteiger partial charge in [-0.1, -0.05) is 60.7 Å². The Morgan fingerprint density at radius 2 is 1.44 bits per heavy atom. The summed E-state index contributed by atoms with van der Waals surface area (Å²) in [5, 5.41) is 0. The number of carbonyl (C=O) groups excluding carboxylic acids is 2. The molecule has 0 aromatic heterocycles. The molecule has 0 amide bonds. The minimum absolute atomic E-state index is 0.0336. The average molecular weight is 458 g/mol. The minimum atomic E-state index is -0.793. The van der Waals surface area contributed by atoms with Crippen molar-refractivity contribution >= 4 is 17.5 Å². The summed E-state index contributed by atoms with van der Waals surface area (Å²) in [7, 11) is 1.61. The third-order valence-corrected chi connectivity index (χ3v) is 5.84. The average Bonchev–Trinajstić information content (AvgIpc) is 2.86. The molecule has 176 valence electrons. The lowest BCUT2D eigenvalue weighted by molar-refractivity contribution is -0.144. The molecule has 5 nitrogen and oxygen atoms in total. The Balaban J connectivity index is 1.92. The Morgan fingerprint density at radius 3 is 1.97 bits per heavy atom. The Kier molecular flexibility index (Phi) is 8.74. The minimum Gasteiger partial charge on any atom is -0.496 e. The number of nitrogens with zero attached hydrogens (tertiary/aromatic N) is 1. The number of carbonyl (C=O) groups is 2. The van der Waals surface area contributed by atoms with E-state index in [9.17, 15) is 9.59 Å². The summed E-state index contributed by atoms with van der Waals surface area (Å²) in [5.74, 6) is 0.287. The quantitative estimate of drug-likeness (QED) is 0.221. The van der Waals surface area contributed by atoms with Crippen molar-refractivity contribution in [3.63, 3.8) is 0 Å². The molecule has 34 heavy (non-hydrogen) atoms. The topological polar surface area (TPSA) is 65.0 Å². The van der Waals surface area contributed by atoms with E-state index in [1.165, 1.54) is 0 Å². The molecule has 0 spiro atoms. The van der Waals surface area contributed by atoms with Crippen molar-refractivity contribution in [1.82, 2.24) is 0 Å². The maximum absolute atomic E-state index is 13.1. The smallest absolute Gasteiger partial charge is 0.330 e. The fourth-order valence-corrected chi connectivity index (χ4v) is 3.86. The van der Waals surface area contributed by atoms with Gasteiger partial charge in [0.2, 0.25) is 0 Å². The molecule has 0 bridgehead atoms. The van der Waals surface area contributed by atoms with Gasteiger partial charge < -0.3 is 9.47 Å². The van der Waals surface area contributed by atoms with E-state index in [0.717, 1.165) is 28.0 Å². The van der Waals surface area contributed by atoms with E-state index in [2.05, 4.69) is 0 Å². The number of methoxy groups -OCH3 is 1. The van der Waals surface area contributed by atoms with E-state index in [1.807, 2.05) is 74.5 Å². The van der Waals surface area contributed by atoms with Crippen LogP contribution < -0.4 is 4.74 Å². The van der Waals surface area contributed by atoms with Crippen LogP contribution in [0.3, 0.4) is 0 Å². The van der Waals surface area contributed by atoms with E-state index >= 15 is 0 Å². The molecule has 0 fully saturated rings. The van der Waals surface area contributed by atoms with Crippen molar-refractivity contribution in [2.24, 2.45) is 4.99 Å². The van der Waals surface area contributed by atoms with Crippen LogP contribution in [0.1, 0.15) is 52.4 Å². The summed E-state index contributed by atoms with van der Waals surface area (Å²) in [5.41, 5.74) is 4.95. The molecule has 0 aliphatic rings. The highest BCUT2D eigenvalue weighted by Crippen LogP contribution is 2.25. The van der Waals surface area contributed by atoms with Crippen LogP contribution in [0.15, 0.2) is 77.8 Å². The standard InChI is InChI=1S/C29H31NO4/c1-5-34-29(32)25(17-18-26(31)24-16-19-27(33-4)21(3)20(24)2)30-28(22-12-8-6-9-13-22)23-14-10-7-11-15-23/h6-16,19,25H,5,17-18H2,1-4H3/t25-/m0/s1. The van der Waals surface area contributed by atoms with Gasteiger partial charge in [-0.25, -0.2) is 4.79 Å². The maximum Gasteiger partial charge on any atom is 0.330 e. The van der Waals surface area contributed by atoms with Crippen LogP contribution >= 0.6 is 0 Å². The lowest BCUT2D eigenvalue weighted by Gasteiger charge is -2.16. The maximum atomic E-state index is 13.1. The summed E-state index contributed by atoms with van der Waals surface area (Å²) in [6, 6.07) is 22.3. The van der Waals surface area contributed by atoms with Crippen LogP contribution in [0.25, 0.3) is 0 Å². The third kappa shape index (κ3) is 5.98. The van der Waals surface area contributed by atoms with Crippen LogP contribution in [0, 0.1) is 13.8 Å². The molecule has 3 aromatic carbocycles. The Morgan fingerprint density at radius 1 is 0.853 bits per heavy atom. The van der Waals surface area contributed by atoms with Gasteiger partial charge in [0, 0.05) is 23.1 Å². The Bertz CT molecular complexity index is 1110. The highest BCUT2D eigenvalue weighted by molar-refractivity contribution is 6.13. The largest absolute Gasteiger partial charge is 0.496 e. The SMILES string of the molecule is CCOC(=O)[C@H](CCC(=O)c1ccc(OC)c(C)c1C)N=C(c1ccccc1)c1ccccc1. The number of hydrogen-bond donors (Lipinski definition) is 0. The summed E-state index contributed by atoms with van der Waals surface area (Å²) in [4.78, 5) is 30.8. The van der Waals surface area contributed by atoms with Gasteiger partial charge in [0.05, 0.1) is 19.4 Å². The van der Waals surface area contributed by atoms with Crippen molar-refractivity contribution in [1.29, 1.82) is 0 Å². The van der Waals surface area contributed by atoms with Crippen molar-refractivity contribution < 1.29 is 19.1 Å². The first-order valence-electron chi connectivity index (χ1n) is 11.5. The van der Waals surface area contributed by atoms with Crippen molar-refractivity contribution in [3.8, 4) is 5.75 Å². The van der Waals surface area contributed by atoms with Crippen molar-refractivity contribution in [2.45, 2.75) is 39.7 Å². The lowest BCUT2D eigenvalue weighted by atomic mass is 9.95. The molecule has 1 atom stereocenters. The molecule has 0 aliphatic heterocycles. The second-order valence-corrected chi connectivity index (χ2v) is 8.00. The van der Waals surface area contributed by atoms with Crippen LogP contribution in [-0.4, -0.2) is 37.2 Å². The summed E-state index contributed by atoms with van der Waals surface area (Å²) in [6.45, 7) is 5.86. The zero-order valence-electron chi connectivity index (χ0n) is 20.2. The number of benzene rings is 3. The van der Waals surface area contributed by atoms with Gasteiger partial charge in [-0.15, -0.1) is 0 Å². The fourth-order valence-electron chi connectivity index (χ4n) is 3.86. The van der Waals surface area contributed by atoms with Gasteiger partial charge in [0.1, 0.15) is 11.8 Å². The fraction of sp³-hybridized carbons (Fsp3) is 0.276. The molecule has 0 saturated heterocycles. The first-order valence-corrected chi connectivity index (χ1v) is 11.5. The van der Waals surface area contributed by atoms with Gasteiger partial charge in [-0.2, -0.15) is 0 Å². The predicted molar refractivity (Wildman–Crippen MR) is 135 cm³/mol. The zero-order valence-corrected chi connectivity index (χ0v) is 20.2. The molecule has 5 heteroatoms. The second-order valence-electron chi connectivity index (χ2n) is 8.00. The van der Waals surface area contributed by atoms with E-state index < -0.39 is 12.0 Å². The van der Waals surface area contributed by atoms with E-state index in [-0.39, 0.29) is 25.2 Å². The number of hydrogen-bond acceptors (Lipinski definition) is 5. The van der Waals surface area contributed by atoms with Gasteiger partial charge in [-0.05, 0) is 50.5 Å². The first-order chi connectivity index (χ1) is 16.5. The molecule has 0 heterocycles. The highest BCUT2D eigenvalue weighted by Gasteiger charge is 2.23. The summed E-state index contributed by atoms with van der Waals surface area (Å²) in [6.07, 6.45) is 0.432. The monoisotopic (exact) mass is 457 g/mol. The number of rotatable bonds is 10. The zero-order chi connectivity index (χ0) is 24.5. The van der Waals surface area contributed by atoms with Gasteiger partial charge in [-0.3, -0.25) is 9.79 Å². The van der Waals surface area contributed by atoms with Crippen molar-refractivity contribution in [3.05, 3.63) is 101 Å². The van der Waals surface area contributed by atoms with E-state index in [0.29, 0.717) is 11.3 Å². The van der Waals surface area contributed by atoms with Gasteiger partial charge >= 0.3 is 5.97 Å². The summed E-state index contributed by atoms with van der Waals surface area (Å²) < 4.78 is 10.7. The molecule has 0 N–H and O–H groups in total. The third-order valence-electron chi connectivity index (χ3n) is 5.84. The molecule has 0 radical (unpaired) electrons.